The summed E-state index contributed by atoms with van der Waals surface area (Å²) >= 11 is 0. The zero-order chi connectivity index (χ0) is 41.5. The van der Waals surface area contributed by atoms with Crippen LogP contribution in [0.1, 0.15) is 34.1 Å². The van der Waals surface area contributed by atoms with E-state index in [1.807, 2.05) is 24.8 Å². The lowest BCUT2D eigenvalue weighted by Gasteiger charge is -2.31. The molecule has 4 nitrogen and oxygen atoms in total. The zero-order valence-corrected chi connectivity index (χ0v) is 34.0. The van der Waals surface area contributed by atoms with Crippen molar-refractivity contribution in [2.24, 2.45) is 0 Å². The Kier molecular flexibility index (Phi) is 10.9. The summed E-state index contributed by atoms with van der Waals surface area (Å²) in [5, 5.41) is 0. The largest absolute Gasteiger partial charge is 0.265 e. The van der Waals surface area contributed by atoms with Crippen molar-refractivity contribution in [2.75, 3.05) is 0 Å². The molecule has 2 atom stereocenters. The molecule has 0 aliphatic rings. The van der Waals surface area contributed by atoms with Gasteiger partial charge in [0.05, 0.1) is 22.8 Å². The summed E-state index contributed by atoms with van der Waals surface area (Å²) in [6.45, 7) is 0. The maximum atomic E-state index is 5.34. The van der Waals surface area contributed by atoms with Gasteiger partial charge in [0.15, 0.2) is 0 Å². The van der Waals surface area contributed by atoms with E-state index < -0.39 is 0 Å². The zero-order valence-electron chi connectivity index (χ0n) is 34.0. The predicted octanol–water partition coefficient (Wildman–Crippen LogP) is 14.2. The Morgan fingerprint density at radius 2 is 0.484 bits per heavy atom. The van der Waals surface area contributed by atoms with E-state index in [2.05, 4.69) is 228 Å². The van der Waals surface area contributed by atoms with Gasteiger partial charge < -0.3 is 0 Å². The normalized spacial score (nSPS) is 12.1. The molecule has 4 heterocycles. The van der Waals surface area contributed by atoms with E-state index in [9.17, 15) is 0 Å². The van der Waals surface area contributed by atoms with Crippen LogP contribution in [0.15, 0.2) is 243 Å². The van der Waals surface area contributed by atoms with Gasteiger partial charge in [-0.3, -0.25) is 9.97 Å². The Morgan fingerprint density at radius 3 is 0.758 bits per heavy atom. The minimum absolute atomic E-state index is 0.157. The van der Waals surface area contributed by atoms with Crippen molar-refractivity contribution in [3.8, 4) is 67.3 Å². The van der Waals surface area contributed by atoms with E-state index in [0.29, 0.717) is 0 Å². The second-order valence-corrected chi connectivity index (χ2v) is 15.5. The van der Waals surface area contributed by atoms with Crippen LogP contribution in [0.5, 0.6) is 0 Å². The molecule has 4 aromatic heterocycles. The van der Waals surface area contributed by atoms with Crippen LogP contribution >= 0.6 is 0 Å². The van der Waals surface area contributed by atoms with E-state index in [1.54, 1.807) is 0 Å². The maximum absolute atomic E-state index is 5.34. The lowest BCUT2D eigenvalue weighted by molar-refractivity contribution is 0.693. The van der Waals surface area contributed by atoms with Crippen LogP contribution in [0.25, 0.3) is 67.3 Å². The molecule has 10 rings (SSSR count). The van der Waals surface area contributed by atoms with Crippen LogP contribution in [0.3, 0.4) is 0 Å². The Balaban J connectivity index is 1.26. The molecule has 62 heavy (non-hydrogen) atoms. The van der Waals surface area contributed by atoms with Gasteiger partial charge in [0.25, 0.3) is 0 Å². The quantitative estimate of drug-likeness (QED) is 0.131. The fourth-order valence-electron chi connectivity index (χ4n) is 8.50. The first-order chi connectivity index (χ1) is 30.7. The first-order valence-corrected chi connectivity index (χ1v) is 21.0. The van der Waals surface area contributed by atoms with Crippen molar-refractivity contribution >= 4 is 0 Å². The summed E-state index contributed by atoms with van der Waals surface area (Å²) in [5.74, 6) is -0.313. The highest BCUT2D eigenvalue weighted by molar-refractivity contribution is 5.72. The molecule has 0 N–H and O–H groups in total. The SMILES string of the molecule is c1ccc(-c2cc([C@@H](c3ccc(-c4ccncc4)cc3)[C@@H](c3ccc(-c4ccncc4)cc3)c3cc(-c4ccccc4)nc(-c4ccccc4)c3)cc(-c3ccccc3)n2)cc1. The summed E-state index contributed by atoms with van der Waals surface area (Å²) in [4.78, 5) is 19.2. The fraction of sp³-hybridized carbons (Fsp3) is 0.0345. The van der Waals surface area contributed by atoms with E-state index >= 15 is 0 Å². The van der Waals surface area contributed by atoms with Crippen molar-refractivity contribution in [3.05, 3.63) is 265 Å². The summed E-state index contributed by atoms with van der Waals surface area (Å²) < 4.78 is 0. The highest BCUT2D eigenvalue weighted by atomic mass is 14.7. The summed E-state index contributed by atoms with van der Waals surface area (Å²) in [7, 11) is 0. The number of aromatic nitrogens is 4. The minimum Gasteiger partial charge on any atom is -0.265 e. The lowest BCUT2D eigenvalue weighted by atomic mass is 9.72. The summed E-state index contributed by atoms with van der Waals surface area (Å²) in [6.07, 6.45) is 7.40. The third-order valence-corrected chi connectivity index (χ3v) is 11.6. The second-order valence-electron chi connectivity index (χ2n) is 15.5. The van der Waals surface area contributed by atoms with Crippen LogP contribution in [0, 0.1) is 0 Å². The van der Waals surface area contributed by atoms with Gasteiger partial charge in [-0.1, -0.05) is 170 Å². The molecule has 4 heteroatoms. The van der Waals surface area contributed by atoms with Gasteiger partial charge >= 0.3 is 0 Å². The standard InChI is InChI=1S/C58H42N4/c1-5-13-45(14-6-1)53-37-51(38-54(61-53)46-15-7-2-8-16-46)57(49-25-21-41(22-26-49)43-29-33-59-34-30-43)58(50-27-23-42(24-28-50)44-31-35-60-36-32-44)52-39-55(47-17-9-3-10-18-47)62-56(40-52)48-19-11-4-12-20-48/h1-40,57-58H/t57-,58+. The van der Waals surface area contributed by atoms with E-state index in [4.69, 9.17) is 9.97 Å². The molecule has 0 spiro atoms. The average Bonchev–Trinajstić information content (AvgIpc) is 3.37. The molecule has 0 saturated carbocycles. The van der Waals surface area contributed by atoms with Crippen molar-refractivity contribution < 1.29 is 0 Å². The molecular formula is C58H42N4. The number of rotatable bonds is 11. The van der Waals surface area contributed by atoms with Crippen LogP contribution < -0.4 is 0 Å². The fourth-order valence-corrected chi connectivity index (χ4v) is 8.50. The Labute approximate surface area is 363 Å². The van der Waals surface area contributed by atoms with Gasteiger partial charge in [-0.15, -0.1) is 0 Å². The first kappa shape index (κ1) is 38.1. The summed E-state index contributed by atoms with van der Waals surface area (Å²) in [5.41, 5.74) is 17.2. The molecule has 0 fully saturated rings. The number of hydrogen-bond donors (Lipinski definition) is 0. The van der Waals surface area contributed by atoms with Gasteiger partial charge in [-0.05, 0) is 93.0 Å². The molecule has 0 aliphatic carbocycles. The van der Waals surface area contributed by atoms with Gasteiger partial charge in [-0.25, -0.2) is 9.97 Å². The predicted molar refractivity (Wildman–Crippen MR) is 253 cm³/mol. The van der Waals surface area contributed by atoms with Crippen LogP contribution in [-0.4, -0.2) is 19.9 Å². The number of hydrogen-bond acceptors (Lipinski definition) is 4. The molecule has 0 saturated heterocycles. The third-order valence-electron chi connectivity index (χ3n) is 11.6. The monoisotopic (exact) mass is 794 g/mol. The Hall–Kier alpha value is -8.08. The van der Waals surface area contributed by atoms with E-state index in [1.165, 1.54) is 11.1 Å². The maximum Gasteiger partial charge on any atom is 0.0712 e. The van der Waals surface area contributed by atoms with Crippen LogP contribution in [0.4, 0.5) is 0 Å². The molecule has 0 radical (unpaired) electrons. The molecular weight excluding hydrogens is 753 g/mol. The third kappa shape index (κ3) is 8.23. The number of benzene rings is 6. The molecule has 10 aromatic rings. The molecule has 6 aromatic carbocycles. The smallest absolute Gasteiger partial charge is 0.0712 e. The van der Waals surface area contributed by atoms with Crippen LogP contribution in [0.2, 0.25) is 0 Å². The second kappa shape index (κ2) is 17.6. The van der Waals surface area contributed by atoms with Crippen molar-refractivity contribution in [2.45, 2.75) is 11.8 Å². The minimum atomic E-state index is -0.157. The van der Waals surface area contributed by atoms with Gasteiger partial charge in [0.1, 0.15) is 0 Å². The van der Waals surface area contributed by atoms with E-state index in [-0.39, 0.29) is 11.8 Å². The van der Waals surface area contributed by atoms with E-state index in [0.717, 1.165) is 78.4 Å². The number of nitrogens with zero attached hydrogens (tertiary/aromatic N) is 4. The van der Waals surface area contributed by atoms with Gasteiger partial charge in [0, 0.05) is 58.9 Å². The van der Waals surface area contributed by atoms with Crippen molar-refractivity contribution in [1.29, 1.82) is 0 Å². The van der Waals surface area contributed by atoms with Gasteiger partial charge in [-0.2, -0.15) is 0 Å². The van der Waals surface area contributed by atoms with Crippen molar-refractivity contribution in [1.82, 2.24) is 19.9 Å². The van der Waals surface area contributed by atoms with Gasteiger partial charge in [0.2, 0.25) is 0 Å². The molecule has 0 unspecified atom stereocenters. The summed E-state index contributed by atoms with van der Waals surface area (Å²) in [6, 6.07) is 77.8. The lowest BCUT2D eigenvalue weighted by Crippen LogP contribution is -2.16. The number of pyridine rings is 4. The highest BCUT2D eigenvalue weighted by Crippen LogP contribution is 2.46. The highest BCUT2D eigenvalue weighted by Gasteiger charge is 2.31. The first-order valence-electron chi connectivity index (χ1n) is 21.0. The Morgan fingerprint density at radius 1 is 0.226 bits per heavy atom. The molecule has 0 bridgehead atoms. The Bertz CT molecular complexity index is 2690. The topological polar surface area (TPSA) is 51.6 Å². The van der Waals surface area contributed by atoms with Crippen LogP contribution in [-0.2, 0) is 0 Å². The molecule has 0 aliphatic heterocycles. The van der Waals surface area contributed by atoms with Crippen molar-refractivity contribution in [3.63, 3.8) is 0 Å². The molecule has 0 amide bonds. The molecule has 294 valence electrons. The average molecular weight is 795 g/mol.